The van der Waals surface area contributed by atoms with Crippen molar-refractivity contribution >= 4 is 17.4 Å². The number of benzene rings is 1. The molecule has 0 radical (unpaired) electrons. The molecule has 3 rings (SSSR count). The van der Waals surface area contributed by atoms with Gasteiger partial charge in [-0.2, -0.15) is 0 Å². The minimum atomic E-state index is -0.697. The van der Waals surface area contributed by atoms with Crippen LogP contribution in [0.2, 0.25) is 0 Å². The molecule has 146 valence electrons. The summed E-state index contributed by atoms with van der Waals surface area (Å²) in [5.41, 5.74) is 1.17. The van der Waals surface area contributed by atoms with Crippen molar-refractivity contribution in [1.82, 2.24) is 14.8 Å². The summed E-state index contributed by atoms with van der Waals surface area (Å²) in [6, 6.07) is 13.5. The zero-order chi connectivity index (χ0) is 20.1. The van der Waals surface area contributed by atoms with Crippen molar-refractivity contribution in [2.24, 2.45) is 0 Å². The van der Waals surface area contributed by atoms with Crippen molar-refractivity contribution in [2.45, 2.75) is 19.9 Å². The molecule has 1 atom stereocenters. The monoisotopic (exact) mass is 379 g/mol. The van der Waals surface area contributed by atoms with Crippen LogP contribution in [0.3, 0.4) is 0 Å². The van der Waals surface area contributed by atoms with Gasteiger partial charge in [0.25, 0.3) is 11.7 Å². The van der Waals surface area contributed by atoms with Crippen LogP contribution >= 0.6 is 0 Å². The fourth-order valence-corrected chi connectivity index (χ4v) is 3.50. The average Bonchev–Trinajstić information content (AvgIpc) is 3.00. The average molecular weight is 379 g/mol. The van der Waals surface area contributed by atoms with Crippen LogP contribution in [0.1, 0.15) is 31.1 Å². The Morgan fingerprint density at radius 2 is 1.75 bits per heavy atom. The highest BCUT2D eigenvalue weighted by molar-refractivity contribution is 6.46. The number of nitrogens with zero attached hydrogens (tertiary/aromatic N) is 3. The maximum Gasteiger partial charge on any atom is 0.295 e. The van der Waals surface area contributed by atoms with E-state index in [-0.39, 0.29) is 11.3 Å². The van der Waals surface area contributed by atoms with E-state index in [1.807, 2.05) is 12.1 Å². The molecule has 28 heavy (non-hydrogen) atoms. The summed E-state index contributed by atoms with van der Waals surface area (Å²) in [5.74, 6) is -1.43. The molecule has 2 heterocycles. The number of carbonyl (C=O) groups is 2. The van der Waals surface area contributed by atoms with Gasteiger partial charge in [-0.3, -0.25) is 14.6 Å². The molecule has 1 N–H and O–H groups in total. The molecule has 0 spiro atoms. The molecule has 1 amide bonds. The van der Waals surface area contributed by atoms with Crippen LogP contribution < -0.4 is 0 Å². The first-order valence-corrected chi connectivity index (χ1v) is 9.55. The first kappa shape index (κ1) is 19.8. The lowest BCUT2D eigenvalue weighted by Crippen LogP contribution is -2.38. The lowest BCUT2D eigenvalue weighted by Gasteiger charge is -2.27. The number of aliphatic hydroxyl groups is 1. The molecule has 2 aromatic rings. The van der Waals surface area contributed by atoms with Crippen molar-refractivity contribution in [3.05, 3.63) is 71.6 Å². The summed E-state index contributed by atoms with van der Waals surface area (Å²) < 4.78 is 0. The third kappa shape index (κ3) is 3.82. The maximum absolute atomic E-state index is 12.8. The van der Waals surface area contributed by atoms with E-state index in [1.54, 1.807) is 42.6 Å². The number of aliphatic hydroxyl groups excluding tert-OH is 1. The highest BCUT2D eigenvalue weighted by Gasteiger charge is 2.46. The Kier molecular flexibility index (Phi) is 6.21. The Morgan fingerprint density at radius 3 is 2.36 bits per heavy atom. The fraction of sp³-hybridized carbons (Fsp3) is 0.318. The fourth-order valence-electron chi connectivity index (χ4n) is 3.50. The molecule has 1 aliphatic heterocycles. The quantitative estimate of drug-likeness (QED) is 0.455. The predicted octanol–water partition coefficient (Wildman–Crippen LogP) is 2.85. The topological polar surface area (TPSA) is 73.7 Å². The van der Waals surface area contributed by atoms with Crippen LogP contribution in [0.15, 0.2) is 60.3 Å². The number of likely N-dealkylation sites (N-methyl/N-ethyl adjacent to an activating group) is 1. The minimum Gasteiger partial charge on any atom is -0.507 e. The Labute approximate surface area is 165 Å². The van der Waals surface area contributed by atoms with Crippen LogP contribution in [-0.4, -0.2) is 57.8 Å². The predicted molar refractivity (Wildman–Crippen MR) is 107 cm³/mol. The molecular formula is C22H25N3O3. The summed E-state index contributed by atoms with van der Waals surface area (Å²) in [5, 5.41) is 10.9. The van der Waals surface area contributed by atoms with E-state index in [0.29, 0.717) is 24.3 Å². The van der Waals surface area contributed by atoms with Gasteiger partial charge >= 0.3 is 0 Å². The number of amides is 1. The van der Waals surface area contributed by atoms with Crippen molar-refractivity contribution in [1.29, 1.82) is 0 Å². The van der Waals surface area contributed by atoms with E-state index in [9.17, 15) is 14.7 Å². The van der Waals surface area contributed by atoms with Gasteiger partial charge in [0.05, 0.1) is 11.3 Å². The zero-order valence-electron chi connectivity index (χ0n) is 16.2. The summed E-state index contributed by atoms with van der Waals surface area (Å²) in [7, 11) is 0. The number of Topliss-reactive ketones (excluding diaryl/α,β-unsaturated/α-hetero) is 1. The molecule has 6 heteroatoms. The molecule has 1 aromatic heterocycles. The van der Waals surface area contributed by atoms with Gasteiger partial charge in [-0.25, -0.2) is 0 Å². The van der Waals surface area contributed by atoms with Gasteiger partial charge < -0.3 is 14.9 Å². The zero-order valence-corrected chi connectivity index (χ0v) is 16.2. The first-order valence-electron chi connectivity index (χ1n) is 9.55. The molecule has 0 saturated carbocycles. The summed E-state index contributed by atoms with van der Waals surface area (Å²) in [6.45, 7) is 6.87. The smallest absolute Gasteiger partial charge is 0.295 e. The van der Waals surface area contributed by atoms with Crippen LogP contribution in [0.5, 0.6) is 0 Å². The molecule has 0 bridgehead atoms. The van der Waals surface area contributed by atoms with Gasteiger partial charge in [-0.05, 0) is 25.2 Å². The molecule has 1 aromatic carbocycles. The van der Waals surface area contributed by atoms with Gasteiger partial charge in [0, 0.05) is 24.8 Å². The van der Waals surface area contributed by atoms with Crippen LogP contribution in [0, 0.1) is 0 Å². The second-order valence-electron chi connectivity index (χ2n) is 6.64. The Bertz CT molecular complexity index is 861. The van der Waals surface area contributed by atoms with E-state index in [4.69, 9.17) is 0 Å². The number of rotatable bonds is 7. The maximum atomic E-state index is 12.8. The second-order valence-corrected chi connectivity index (χ2v) is 6.64. The van der Waals surface area contributed by atoms with Gasteiger partial charge in [0.2, 0.25) is 0 Å². The van der Waals surface area contributed by atoms with Crippen LogP contribution in [0.25, 0.3) is 5.76 Å². The van der Waals surface area contributed by atoms with E-state index in [1.165, 1.54) is 4.90 Å². The number of pyridine rings is 1. The normalized spacial score (nSPS) is 18.8. The highest BCUT2D eigenvalue weighted by Crippen LogP contribution is 2.38. The van der Waals surface area contributed by atoms with Crippen molar-refractivity contribution in [2.75, 3.05) is 26.2 Å². The minimum absolute atomic E-state index is 0.0921. The van der Waals surface area contributed by atoms with Crippen LogP contribution in [0.4, 0.5) is 0 Å². The Morgan fingerprint density at radius 1 is 1.07 bits per heavy atom. The lowest BCUT2D eigenvalue weighted by atomic mass is 9.98. The molecule has 1 fully saturated rings. The highest BCUT2D eigenvalue weighted by atomic mass is 16.3. The van der Waals surface area contributed by atoms with Crippen molar-refractivity contribution < 1.29 is 14.7 Å². The lowest BCUT2D eigenvalue weighted by molar-refractivity contribution is -0.140. The molecule has 1 unspecified atom stereocenters. The number of hydrogen-bond donors (Lipinski definition) is 1. The number of carbonyl (C=O) groups excluding carboxylic acids is 2. The third-order valence-corrected chi connectivity index (χ3v) is 5.11. The van der Waals surface area contributed by atoms with Gasteiger partial charge in [0.1, 0.15) is 11.8 Å². The first-order chi connectivity index (χ1) is 13.6. The summed E-state index contributed by atoms with van der Waals surface area (Å²) in [6.07, 6.45) is 1.63. The van der Waals surface area contributed by atoms with E-state index in [2.05, 4.69) is 23.7 Å². The molecule has 6 nitrogen and oxygen atoms in total. The standard InChI is InChI=1S/C22H25N3O3/c1-3-24(4-2)14-15-25-19(17-12-8-9-13-23-17)18(21(27)22(25)28)20(26)16-10-6-5-7-11-16/h5-13,19,26H,3-4,14-15H2,1-2H3/b20-18-. The van der Waals surface area contributed by atoms with Gasteiger partial charge in [-0.1, -0.05) is 50.2 Å². The molecular weight excluding hydrogens is 354 g/mol. The molecule has 1 saturated heterocycles. The number of ketones is 1. The van der Waals surface area contributed by atoms with Gasteiger partial charge in [-0.15, -0.1) is 0 Å². The molecule has 0 aliphatic carbocycles. The summed E-state index contributed by atoms with van der Waals surface area (Å²) in [4.78, 5) is 33.7. The van der Waals surface area contributed by atoms with Crippen molar-refractivity contribution in [3.8, 4) is 0 Å². The number of likely N-dealkylation sites (tertiary alicyclic amines) is 1. The Balaban J connectivity index is 2.06. The third-order valence-electron chi connectivity index (χ3n) is 5.11. The van der Waals surface area contributed by atoms with E-state index < -0.39 is 17.7 Å². The summed E-state index contributed by atoms with van der Waals surface area (Å²) >= 11 is 0. The molecule has 1 aliphatic rings. The van der Waals surface area contributed by atoms with Crippen LogP contribution in [-0.2, 0) is 9.59 Å². The van der Waals surface area contributed by atoms with Gasteiger partial charge in [0.15, 0.2) is 0 Å². The number of aromatic nitrogens is 1. The number of hydrogen-bond acceptors (Lipinski definition) is 5. The van der Waals surface area contributed by atoms with Crippen molar-refractivity contribution in [3.63, 3.8) is 0 Å². The van der Waals surface area contributed by atoms with E-state index >= 15 is 0 Å². The second kappa shape index (κ2) is 8.80. The SMILES string of the molecule is CCN(CC)CCN1C(=O)C(=O)/C(=C(\O)c2ccccc2)C1c1ccccn1. The van der Waals surface area contributed by atoms with E-state index in [0.717, 1.165) is 13.1 Å². The Hall–Kier alpha value is -2.99. The largest absolute Gasteiger partial charge is 0.507 e.